The highest BCUT2D eigenvalue weighted by Gasteiger charge is 2.07. The van der Waals surface area contributed by atoms with Gasteiger partial charge in [0.2, 0.25) is 0 Å². The van der Waals surface area contributed by atoms with Crippen LogP contribution in [-0.4, -0.2) is 17.1 Å². The maximum absolute atomic E-state index is 6.02. The topological polar surface area (TPSA) is 61.0 Å². The summed E-state index contributed by atoms with van der Waals surface area (Å²) in [6.07, 6.45) is 0. The molecule has 3 rings (SSSR count). The minimum absolute atomic E-state index is 0.501. The lowest BCUT2D eigenvalue weighted by Gasteiger charge is -2.07. The van der Waals surface area contributed by atoms with Crippen LogP contribution in [0.2, 0.25) is 0 Å². The van der Waals surface area contributed by atoms with Gasteiger partial charge in [-0.3, -0.25) is 0 Å². The van der Waals surface area contributed by atoms with Gasteiger partial charge in [-0.15, -0.1) is 0 Å². The molecule has 0 aliphatic rings. The third-order valence-corrected chi connectivity index (χ3v) is 3.23. The molecule has 0 saturated carbocycles. The molecule has 0 unspecified atom stereocenters. The summed E-state index contributed by atoms with van der Waals surface area (Å²) in [5, 5.41) is 0.882. The molecule has 100 valence electrons. The number of aryl methyl sites for hydroxylation is 1. The van der Waals surface area contributed by atoms with Crippen molar-refractivity contribution in [1.82, 2.24) is 9.97 Å². The minimum Gasteiger partial charge on any atom is -0.497 e. The summed E-state index contributed by atoms with van der Waals surface area (Å²) >= 11 is 0. The van der Waals surface area contributed by atoms with Gasteiger partial charge in [0.25, 0.3) is 0 Å². The Kier molecular flexibility index (Phi) is 2.99. The van der Waals surface area contributed by atoms with E-state index in [1.54, 1.807) is 7.11 Å². The van der Waals surface area contributed by atoms with Crippen molar-refractivity contribution in [2.45, 2.75) is 6.92 Å². The zero-order valence-corrected chi connectivity index (χ0v) is 11.4. The predicted molar refractivity (Wildman–Crippen MR) is 80.7 cm³/mol. The van der Waals surface area contributed by atoms with Gasteiger partial charge in [0.05, 0.1) is 12.6 Å². The maximum atomic E-state index is 6.02. The van der Waals surface area contributed by atoms with Gasteiger partial charge in [-0.05, 0) is 48.9 Å². The van der Waals surface area contributed by atoms with E-state index in [1.165, 1.54) is 0 Å². The predicted octanol–water partition coefficient (Wildman–Crippen LogP) is 3.20. The van der Waals surface area contributed by atoms with Crippen molar-refractivity contribution in [3.63, 3.8) is 0 Å². The Morgan fingerprint density at radius 2 is 1.75 bits per heavy atom. The summed E-state index contributed by atoms with van der Waals surface area (Å²) in [6.45, 7) is 2.03. The first kappa shape index (κ1) is 12.4. The summed E-state index contributed by atoms with van der Waals surface area (Å²) in [7, 11) is 1.64. The van der Waals surface area contributed by atoms with Gasteiger partial charge < -0.3 is 10.5 Å². The summed E-state index contributed by atoms with van der Waals surface area (Å²) in [4.78, 5) is 8.97. The zero-order chi connectivity index (χ0) is 14.1. The zero-order valence-electron chi connectivity index (χ0n) is 11.4. The monoisotopic (exact) mass is 265 g/mol. The van der Waals surface area contributed by atoms with Gasteiger partial charge in [0.15, 0.2) is 5.82 Å². The van der Waals surface area contributed by atoms with E-state index >= 15 is 0 Å². The number of fused-ring (bicyclic) bond motifs is 1. The Morgan fingerprint density at radius 1 is 1.00 bits per heavy atom. The second-order valence-corrected chi connectivity index (χ2v) is 4.68. The average molecular weight is 265 g/mol. The number of hydrogen-bond donors (Lipinski definition) is 1. The molecule has 20 heavy (non-hydrogen) atoms. The Labute approximate surface area is 117 Å². The Bertz CT molecular complexity index is 767. The van der Waals surface area contributed by atoms with Crippen LogP contribution in [0.4, 0.5) is 5.82 Å². The van der Waals surface area contributed by atoms with Gasteiger partial charge in [0.1, 0.15) is 11.6 Å². The molecule has 3 aromatic rings. The number of rotatable bonds is 2. The molecule has 2 N–H and O–H groups in total. The number of benzene rings is 2. The molecule has 0 atom stereocenters. The van der Waals surface area contributed by atoms with E-state index in [2.05, 4.69) is 9.97 Å². The molecule has 0 amide bonds. The third-order valence-electron chi connectivity index (χ3n) is 3.23. The molecule has 2 aromatic carbocycles. The molecule has 0 saturated heterocycles. The van der Waals surface area contributed by atoms with E-state index < -0.39 is 0 Å². The first-order valence-corrected chi connectivity index (χ1v) is 6.35. The molecule has 0 radical (unpaired) electrons. The Balaban J connectivity index is 2.15. The van der Waals surface area contributed by atoms with Crippen LogP contribution in [0.25, 0.3) is 22.3 Å². The second-order valence-electron chi connectivity index (χ2n) is 4.68. The van der Waals surface area contributed by atoms with Crippen molar-refractivity contribution in [1.29, 1.82) is 0 Å². The van der Waals surface area contributed by atoms with E-state index in [1.807, 2.05) is 49.4 Å². The summed E-state index contributed by atoms with van der Waals surface area (Å²) in [5.41, 5.74) is 8.96. The smallest absolute Gasteiger partial charge is 0.162 e. The van der Waals surface area contributed by atoms with Gasteiger partial charge in [-0.1, -0.05) is 6.07 Å². The lowest BCUT2D eigenvalue weighted by atomic mass is 10.1. The first-order valence-electron chi connectivity index (χ1n) is 6.35. The summed E-state index contributed by atoms with van der Waals surface area (Å²) in [5.74, 6) is 1.93. The van der Waals surface area contributed by atoms with Crippen LogP contribution in [0.3, 0.4) is 0 Å². The maximum Gasteiger partial charge on any atom is 0.162 e. The number of methoxy groups -OCH3 is 1. The van der Waals surface area contributed by atoms with Crippen molar-refractivity contribution in [3.8, 4) is 17.1 Å². The second kappa shape index (κ2) is 4.81. The van der Waals surface area contributed by atoms with Crippen LogP contribution in [0, 0.1) is 6.92 Å². The van der Waals surface area contributed by atoms with Crippen LogP contribution >= 0.6 is 0 Å². The molecule has 4 heteroatoms. The van der Waals surface area contributed by atoms with E-state index in [9.17, 15) is 0 Å². The van der Waals surface area contributed by atoms with Gasteiger partial charge in [0, 0.05) is 10.9 Å². The molecule has 1 heterocycles. The van der Waals surface area contributed by atoms with E-state index in [4.69, 9.17) is 10.5 Å². The fourth-order valence-corrected chi connectivity index (χ4v) is 2.13. The molecule has 0 aliphatic carbocycles. The van der Waals surface area contributed by atoms with Crippen LogP contribution in [0.5, 0.6) is 5.75 Å². The van der Waals surface area contributed by atoms with E-state index in [0.717, 1.165) is 27.8 Å². The van der Waals surface area contributed by atoms with Gasteiger partial charge >= 0.3 is 0 Å². The Morgan fingerprint density at radius 3 is 2.45 bits per heavy atom. The van der Waals surface area contributed by atoms with Crippen molar-refractivity contribution in [3.05, 3.63) is 48.0 Å². The SMILES string of the molecule is COc1ccc(-c2nc(N)c3ccc(C)cc3n2)cc1. The lowest BCUT2D eigenvalue weighted by Crippen LogP contribution is -1.98. The number of aromatic nitrogens is 2. The molecule has 1 aromatic heterocycles. The summed E-state index contributed by atoms with van der Waals surface area (Å²) < 4.78 is 5.15. The normalized spacial score (nSPS) is 10.7. The number of anilines is 1. The van der Waals surface area contributed by atoms with Crippen LogP contribution in [0.1, 0.15) is 5.56 Å². The largest absolute Gasteiger partial charge is 0.497 e. The molecular weight excluding hydrogens is 250 g/mol. The van der Waals surface area contributed by atoms with Crippen molar-refractivity contribution in [2.75, 3.05) is 12.8 Å². The summed E-state index contributed by atoms with van der Waals surface area (Å²) in [6, 6.07) is 13.6. The standard InChI is InChI=1S/C16H15N3O/c1-10-3-8-13-14(9-10)18-16(19-15(13)17)11-4-6-12(20-2)7-5-11/h3-9H,1-2H3,(H2,17,18,19). The number of nitrogens with two attached hydrogens (primary N) is 1. The quantitative estimate of drug-likeness (QED) is 0.773. The highest BCUT2D eigenvalue weighted by atomic mass is 16.5. The van der Waals surface area contributed by atoms with E-state index in [-0.39, 0.29) is 0 Å². The van der Waals surface area contributed by atoms with Gasteiger partial charge in [-0.25, -0.2) is 9.97 Å². The number of hydrogen-bond acceptors (Lipinski definition) is 4. The Hall–Kier alpha value is -2.62. The average Bonchev–Trinajstić information content (AvgIpc) is 2.46. The number of nitrogens with zero attached hydrogens (tertiary/aromatic N) is 2. The highest BCUT2D eigenvalue weighted by molar-refractivity contribution is 5.89. The lowest BCUT2D eigenvalue weighted by molar-refractivity contribution is 0.415. The fourth-order valence-electron chi connectivity index (χ4n) is 2.13. The molecule has 0 spiro atoms. The molecule has 4 nitrogen and oxygen atoms in total. The number of ether oxygens (including phenoxy) is 1. The van der Waals surface area contributed by atoms with Crippen molar-refractivity contribution >= 4 is 16.7 Å². The fraction of sp³-hybridized carbons (Fsp3) is 0.125. The molecule has 0 bridgehead atoms. The molecule has 0 fully saturated rings. The van der Waals surface area contributed by atoms with E-state index in [0.29, 0.717) is 11.6 Å². The highest BCUT2D eigenvalue weighted by Crippen LogP contribution is 2.25. The van der Waals surface area contributed by atoms with Crippen LogP contribution < -0.4 is 10.5 Å². The third kappa shape index (κ3) is 2.16. The van der Waals surface area contributed by atoms with Crippen LogP contribution in [-0.2, 0) is 0 Å². The first-order chi connectivity index (χ1) is 9.67. The van der Waals surface area contributed by atoms with Gasteiger partial charge in [-0.2, -0.15) is 0 Å². The van der Waals surface area contributed by atoms with Crippen molar-refractivity contribution in [2.24, 2.45) is 0 Å². The minimum atomic E-state index is 0.501. The molecule has 0 aliphatic heterocycles. The molecular formula is C16H15N3O. The van der Waals surface area contributed by atoms with Crippen LogP contribution in [0.15, 0.2) is 42.5 Å². The number of nitrogen functional groups attached to an aromatic ring is 1. The van der Waals surface area contributed by atoms with Crippen molar-refractivity contribution < 1.29 is 4.74 Å².